The maximum Gasteiger partial charge on any atom is 0.124 e. The molecule has 0 atom stereocenters. The molecule has 100 valence electrons. The quantitative estimate of drug-likeness (QED) is 0.878. The van der Waals surface area contributed by atoms with Gasteiger partial charge in [0.05, 0.1) is 0 Å². The van der Waals surface area contributed by atoms with Crippen LogP contribution in [0.15, 0.2) is 29.8 Å². The molecule has 0 spiro atoms. The van der Waals surface area contributed by atoms with Crippen molar-refractivity contribution < 1.29 is 9.13 Å². The summed E-state index contributed by atoms with van der Waals surface area (Å²) >= 11 is 5.42. The van der Waals surface area contributed by atoms with E-state index in [0.29, 0.717) is 18.9 Å². The van der Waals surface area contributed by atoms with Gasteiger partial charge in [-0.3, -0.25) is 0 Å². The number of hydrogen-bond acceptors (Lipinski definition) is 2. The predicted molar refractivity (Wildman–Crippen MR) is 73.5 cm³/mol. The zero-order valence-electron chi connectivity index (χ0n) is 11.0. The van der Waals surface area contributed by atoms with Crippen LogP contribution in [0.1, 0.15) is 26.3 Å². The van der Waals surface area contributed by atoms with Gasteiger partial charge in [0.1, 0.15) is 18.2 Å². The fourth-order valence-corrected chi connectivity index (χ4v) is 1.43. The van der Waals surface area contributed by atoms with Crippen LogP contribution in [0.4, 0.5) is 4.39 Å². The zero-order valence-corrected chi connectivity index (χ0v) is 11.7. The fraction of sp³-hybridized carbons (Fsp3) is 0.429. The topological polar surface area (TPSA) is 21.3 Å². The van der Waals surface area contributed by atoms with Crippen molar-refractivity contribution in [3.63, 3.8) is 0 Å². The molecule has 1 aromatic carbocycles. The highest BCUT2D eigenvalue weighted by molar-refractivity contribution is 6.25. The highest BCUT2D eigenvalue weighted by atomic mass is 35.5. The maximum atomic E-state index is 13.2. The van der Waals surface area contributed by atoms with Crippen molar-refractivity contribution in [1.82, 2.24) is 5.32 Å². The number of ether oxygens (including phenoxy) is 1. The van der Waals surface area contributed by atoms with Crippen LogP contribution in [0, 0.1) is 5.82 Å². The van der Waals surface area contributed by atoms with E-state index in [9.17, 15) is 4.39 Å². The van der Waals surface area contributed by atoms with Gasteiger partial charge in [0.15, 0.2) is 0 Å². The number of benzene rings is 1. The monoisotopic (exact) mass is 271 g/mol. The molecule has 1 N–H and O–H groups in total. The molecule has 0 aliphatic rings. The Morgan fingerprint density at radius 3 is 2.72 bits per heavy atom. The SMILES string of the molecule is CC(C)(C)NCc1cc(F)ccc1OC/C=C/Cl. The van der Waals surface area contributed by atoms with Gasteiger partial charge in [0.25, 0.3) is 0 Å². The highest BCUT2D eigenvalue weighted by Gasteiger charge is 2.11. The van der Waals surface area contributed by atoms with Crippen molar-refractivity contribution in [3.8, 4) is 5.75 Å². The van der Waals surface area contributed by atoms with E-state index in [1.54, 1.807) is 12.1 Å². The van der Waals surface area contributed by atoms with Crippen LogP contribution in [-0.2, 0) is 6.54 Å². The standard InChI is InChI=1S/C14H19ClFNO/c1-14(2,3)17-10-11-9-12(16)5-6-13(11)18-8-4-7-15/h4-7,9,17H,8,10H2,1-3H3/b7-4+. The lowest BCUT2D eigenvalue weighted by Crippen LogP contribution is -2.35. The normalized spacial score (nSPS) is 12.1. The summed E-state index contributed by atoms with van der Waals surface area (Å²) in [7, 11) is 0. The Hall–Kier alpha value is -1.06. The average Bonchev–Trinajstić information content (AvgIpc) is 2.28. The molecular weight excluding hydrogens is 253 g/mol. The number of hydrogen-bond donors (Lipinski definition) is 1. The lowest BCUT2D eigenvalue weighted by Gasteiger charge is -2.21. The molecule has 0 bridgehead atoms. The van der Waals surface area contributed by atoms with Gasteiger partial charge in [-0.25, -0.2) is 4.39 Å². The molecule has 0 fully saturated rings. The second-order valence-corrected chi connectivity index (χ2v) is 5.28. The second kappa shape index (κ2) is 6.76. The Morgan fingerprint density at radius 1 is 1.39 bits per heavy atom. The molecule has 0 aromatic heterocycles. The Bertz CT molecular complexity index is 413. The molecule has 2 nitrogen and oxygen atoms in total. The van der Waals surface area contributed by atoms with Crippen molar-refractivity contribution in [1.29, 1.82) is 0 Å². The van der Waals surface area contributed by atoms with E-state index >= 15 is 0 Å². The molecular formula is C14H19ClFNO. The molecule has 0 saturated heterocycles. The number of rotatable bonds is 5. The Labute approximate surface area is 113 Å². The smallest absolute Gasteiger partial charge is 0.124 e. The van der Waals surface area contributed by atoms with E-state index in [1.807, 2.05) is 0 Å². The third-order valence-corrected chi connectivity index (χ3v) is 2.43. The highest BCUT2D eigenvalue weighted by Crippen LogP contribution is 2.20. The van der Waals surface area contributed by atoms with E-state index in [2.05, 4.69) is 26.1 Å². The van der Waals surface area contributed by atoms with Gasteiger partial charge in [-0.2, -0.15) is 0 Å². The van der Waals surface area contributed by atoms with Crippen molar-refractivity contribution >= 4 is 11.6 Å². The molecule has 0 amide bonds. The molecule has 0 aliphatic carbocycles. The van der Waals surface area contributed by atoms with Gasteiger partial charge in [-0.1, -0.05) is 11.6 Å². The predicted octanol–water partition coefficient (Wildman–Crippen LogP) is 3.85. The van der Waals surface area contributed by atoms with Crippen molar-refractivity contribution in [3.05, 3.63) is 41.2 Å². The summed E-state index contributed by atoms with van der Waals surface area (Å²) in [5, 5.41) is 3.31. The summed E-state index contributed by atoms with van der Waals surface area (Å²) in [6.45, 7) is 7.11. The van der Waals surface area contributed by atoms with Gasteiger partial charge < -0.3 is 10.1 Å². The lowest BCUT2D eigenvalue weighted by atomic mass is 10.1. The molecule has 0 heterocycles. The van der Waals surface area contributed by atoms with Gasteiger partial charge in [0, 0.05) is 23.2 Å². The van der Waals surface area contributed by atoms with Gasteiger partial charge in [0.2, 0.25) is 0 Å². The molecule has 0 radical (unpaired) electrons. The van der Waals surface area contributed by atoms with E-state index in [1.165, 1.54) is 17.7 Å². The molecule has 4 heteroatoms. The summed E-state index contributed by atoms with van der Waals surface area (Å²) in [4.78, 5) is 0. The van der Waals surface area contributed by atoms with Gasteiger partial charge in [-0.15, -0.1) is 0 Å². The van der Waals surface area contributed by atoms with E-state index in [-0.39, 0.29) is 11.4 Å². The number of halogens is 2. The summed E-state index contributed by atoms with van der Waals surface area (Å²) in [5.41, 5.74) is 2.17. The third-order valence-electron chi connectivity index (χ3n) is 2.26. The van der Waals surface area contributed by atoms with Crippen LogP contribution in [-0.4, -0.2) is 12.1 Å². The molecule has 1 rings (SSSR count). The Kier molecular flexibility index (Phi) is 5.63. The summed E-state index contributed by atoms with van der Waals surface area (Å²) < 4.78 is 18.8. The van der Waals surface area contributed by atoms with Crippen molar-refractivity contribution in [2.24, 2.45) is 0 Å². The van der Waals surface area contributed by atoms with Crippen LogP contribution in [0.5, 0.6) is 5.75 Å². The first-order valence-corrected chi connectivity index (χ1v) is 6.27. The van der Waals surface area contributed by atoms with Crippen LogP contribution < -0.4 is 10.1 Å². The Balaban J connectivity index is 2.76. The molecule has 0 saturated carbocycles. The first-order valence-electron chi connectivity index (χ1n) is 5.84. The average molecular weight is 272 g/mol. The van der Waals surface area contributed by atoms with Gasteiger partial charge >= 0.3 is 0 Å². The summed E-state index contributed by atoms with van der Waals surface area (Å²) in [6, 6.07) is 4.51. The largest absolute Gasteiger partial charge is 0.489 e. The van der Waals surface area contributed by atoms with E-state index in [4.69, 9.17) is 16.3 Å². The zero-order chi connectivity index (χ0) is 13.6. The lowest BCUT2D eigenvalue weighted by molar-refractivity contribution is 0.351. The van der Waals surface area contributed by atoms with Crippen LogP contribution in [0.25, 0.3) is 0 Å². The fourth-order valence-electron chi connectivity index (χ4n) is 1.36. The minimum atomic E-state index is -0.263. The van der Waals surface area contributed by atoms with Crippen LogP contribution >= 0.6 is 11.6 Å². The number of nitrogens with one attached hydrogen (secondary N) is 1. The first kappa shape index (κ1) is 15.0. The van der Waals surface area contributed by atoms with Crippen molar-refractivity contribution in [2.45, 2.75) is 32.9 Å². The molecule has 0 unspecified atom stereocenters. The third kappa shape index (κ3) is 5.52. The minimum Gasteiger partial charge on any atom is -0.489 e. The maximum absolute atomic E-state index is 13.2. The van der Waals surface area contributed by atoms with E-state index < -0.39 is 0 Å². The van der Waals surface area contributed by atoms with Crippen LogP contribution in [0.3, 0.4) is 0 Å². The summed E-state index contributed by atoms with van der Waals surface area (Å²) in [6.07, 6.45) is 1.69. The molecule has 1 aromatic rings. The first-order chi connectivity index (χ1) is 8.42. The van der Waals surface area contributed by atoms with Gasteiger partial charge in [-0.05, 0) is 45.0 Å². The second-order valence-electron chi connectivity index (χ2n) is 5.03. The molecule has 0 aliphatic heterocycles. The van der Waals surface area contributed by atoms with Crippen LogP contribution in [0.2, 0.25) is 0 Å². The summed E-state index contributed by atoms with van der Waals surface area (Å²) in [5.74, 6) is 0.406. The minimum absolute atomic E-state index is 0.0281. The molecule has 18 heavy (non-hydrogen) atoms. The van der Waals surface area contributed by atoms with E-state index in [0.717, 1.165) is 5.56 Å². The Morgan fingerprint density at radius 2 is 2.11 bits per heavy atom. The van der Waals surface area contributed by atoms with Crippen molar-refractivity contribution in [2.75, 3.05) is 6.61 Å².